The van der Waals surface area contributed by atoms with E-state index in [1.165, 1.54) is 0 Å². The van der Waals surface area contributed by atoms with Crippen LogP contribution in [-0.4, -0.2) is 4.37 Å². The van der Waals surface area contributed by atoms with E-state index in [1.54, 1.807) is 0 Å². The average Bonchev–Trinajstić information content (AvgIpc) is 1.98. The quantitative estimate of drug-likeness (QED) is 0.614. The maximum absolute atomic E-state index is 5.52. The van der Waals surface area contributed by atoms with Crippen LogP contribution >= 0.6 is 47.4 Å². The molecule has 0 aromatic carbocycles. The first-order valence-electron chi connectivity index (χ1n) is 1.71. The fourth-order valence-corrected chi connectivity index (χ4v) is 1.42. The zero-order chi connectivity index (χ0) is 6.15. The predicted octanol–water partition coefficient (Wildman–Crippen LogP) is 2.74. The van der Waals surface area contributed by atoms with Gasteiger partial charge < -0.3 is 0 Å². The van der Waals surface area contributed by atoms with Crippen molar-refractivity contribution in [1.82, 2.24) is 4.37 Å². The lowest BCUT2D eigenvalue weighted by Gasteiger charge is -1.78. The maximum Gasteiger partial charge on any atom is 0.157 e. The Bertz CT molecular complexity index is 178. The van der Waals surface area contributed by atoms with Gasteiger partial charge in [-0.3, -0.25) is 0 Å². The Morgan fingerprint density at radius 2 is 2.12 bits per heavy atom. The minimum Gasteiger partial charge on any atom is -0.178 e. The molecule has 8 heavy (non-hydrogen) atoms. The Kier molecular flexibility index (Phi) is 2.03. The second kappa shape index (κ2) is 2.43. The number of nitrogens with zero attached hydrogens (tertiary/aromatic N) is 1. The summed E-state index contributed by atoms with van der Waals surface area (Å²) in [5.41, 5.74) is 0. The molecule has 0 spiro atoms. The Balaban J connectivity index is 3.19. The Morgan fingerprint density at radius 3 is 2.25 bits per heavy atom. The molecule has 1 nitrogen and oxygen atoms in total. The minimum atomic E-state index is 0.378. The number of hydrogen-bond donors (Lipinski definition) is 1. The number of aromatic nitrogens is 1. The van der Waals surface area contributed by atoms with Crippen molar-refractivity contribution in [3.8, 4) is 0 Å². The highest BCUT2D eigenvalue weighted by atomic mass is 35.5. The maximum atomic E-state index is 5.52. The van der Waals surface area contributed by atoms with Crippen LogP contribution in [0.5, 0.6) is 0 Å². The van der Waals surface area contributed by atoms with Gasteiger partial charge in [-0.15, -0.1) is 12.6 Å². The molecule has 5 heteroatoms. The summed E-state index contributed by atoms with van der Waals surface area (Å²) in [4.78, 5) is 0.568. The minimum absolute atomic E-state index is 0.378. The van der Waals surface area contributed by atoms with Crippen LogP contribution in [0.15, 0.2) is 4.90 Å². The SMILES string of the molecule is Sc1c(Cl)nsc1Cl. The Morgan fingerprint density at radius 1 is 1.50 bits per heavy atom. The largest absolute Gasteiger partial charge is 0.178 e. The molecule has 0 bridgehead atoms. The molecule has 0 amide bonds. The normalized spacial score (nSPS) is 9.88. The van der Waals surface area contributed by atoms with Crippen LogP contribution in [-0.2, 0) is 0 Å². The molecule has 0 saturated heterocycles. The number of rotatable bonds is 0. The second-order valence-electron chi connectivity index (χ2n) is 1.10. The van der Waals surface area contributed by atoms with Gasteiger partial charge in [-0.05, 0) is 11.5 Å². The first-order chi connectivity index (χ1) is 3.72. The number of hydrogen-bond acceptors (Lipinski definition) is 3. The molecule has 0 atom stereocenters. The molecule has 1 aromatic rings. The predicted molar refractivity (Wildman–Crippen MR) is 39.4 cm³/mol. The molecule has 0 saturated carbocycles. The van der Waals surface area contributed by atoms with Crippen LogP contribution in [0.1, 0.15) is 0 Å². The molecule has 1 rings (SSSR count). The van der Waals surface area contributed by atoms with Gasteiger partial charge in [-0.1, -0.05) is 23.2 Å². The summed E-state index contributed by atoms with van der Waals surface area (Å²) in [6.45, 7) is 0. The smallest absolute Gasteiger partial charge is 0.157 e. The third-order valence-electron chi connectivity index (χ3n) is 0.588. The van der Waals surface area contributed by atoms with Crippen LogP contribution in [0.25, 0.3) is 0 Å². The van der Waals surface area contributed by atoms with E-state index < -0.39 is 0 Å². The molecule has 1 heterocycles. The zero-order valence-corrected chi connectivity index (χ0v) is 6.78. The summed E-state index contributed by atoms with van der Waals surface area (Å²) < 4.78 is 4.25. The first-order valence-corrected chi connectivity index (χ1v) is 3.69. The highest BCUT2D eigenvalue weighted by Crippen LogP contribution is 2.30. The van der Waals surface area contributed by atoms with Gasteiger partial charge >= 0.3 is 0 Å². The summed E-state index contributed by atoms with van der Waals surface area (Å²) in [6.07, 6.45) is 0. The molecular formula is C3HCl2NS2. The molecule has 0 unspecified atom stereocenters. The van der Waals surface area contributed by atoms with Gasteiger partial charge in [0.25, 0.3) is 0 Å². The molecule has 0 aliphatic rings. The first kappa shape index (κ1) is 6.68. The van der Waals surface area contributed by atoms with E-state index in [4.69, 9.17) is 23.2 Å². The summed E-state index contributed by atoms with van der Waals surface area (Å²) in [5.74, 6) is 0. The van der Waals surface area contributed by atoms with Crippen molar-refractivity contribution in [3.63, 3.8) is 0 Å². The van der Waals surface area contributed by atoms with Gasteiger partial charge in [-0.2, -0.15) is 4.37 Å². The monoisotopic (exact) mass is 185 g/mol. The van der Waals surface area contributed by atoms with Crippen molar-refractivity contribution in [2.24, 2.45) is 0 Å². The van der Waals surface area contributed by atoms with Crippen molar-refractivity contribution < 1.29 is 0 Å². The Labute approximate surface area is 66.2 Å². The van der Waals surface area contributed by atoms with Crippen molar-refractivity contribution in [1.29, 1.82) is 0 Å². The molecule has 0 N–H and O–H groups in total. The molecule has 0 fully saturated rings. The van der Waals surface area contributed by atoms with Gasteiger partial charge in [0.2, 0.25) is 0 Å². The Hall–Kier alpha value is 0.560. The summed E-state index contributed by atoms with van der Waals surface area (Å²) in [7, 11) is 0. The van der Waals surface area contributed by atoms with Gasteiger partial charge in [-0.25, -0.2) is 0 Å². The third kappa shape index (κ3) is 1.10. The fraction of sp³-hybridized carbons (Fsp3) is 0. The van der Waals surface area contributed by atoms with Gasteiger partial charge in [0.05, 0.1) is 4.90 Å². The highest BCUT2D eigenvalue weighted by Gasteiger charge is 2.03. The number of halogens is 2. The molecule has 1 aromatic heterocycles. The summed E-state index contributed by atoms with van der Waals surface area (Å²) in [6, 6.07) is 0. The van der Waals surface area contributed by atoms with E-state index in [2.05, 4.69) is 17.0 Å². The van der Waals surface area contributed by atoms with Crippen molar-refractivity contribution in [2.45, 2.75) is 4.90 Å². The van der Waals surface area contributed by atoms with E-state index in [0.29, 0.717) is 14.4 Å². The number of thiol groups is 1. The van der Waals surface area contributed by atoms with Crippen LogP contribution in [0, 0.1) is 0 Å². The molecular weight excluding hydrogens is 185 g/mol. The van der Waals surface area contributed by atoms with E-state index in [-0.39, 0.29) is 0 Å². The summed E-state index contributed by atoms with van der Waals surface area (Å²) >= 11 is 16.1. The lowest BCUT2D eigenvalue weighted by molar-refractivity contribution is 1.45. The molecule has 0 aliphatic heterocycles. The van der Waals surface area contributed by atoms with E-state index in [0.717, 1.165) is 11.5 Å². The molecule has 44 valence electrons. The molecule has 0 radical (unpaired) electrons. The standard InChI is InChI=1S/C3HCl2NS2/c4-2-1(7)3(5)8-6-2/h7H. The average molecular weight is 186 g/mol. The van der Waals surface area contributed by atoms with E-state index in [1.807, 2.05) is 0 Å². The van der Waals surface area contributed by atoms with Crippen LogP contribution < -0.4 is 0 Å². The van der Waals surface area contributed by atoms with Crippen molar-refractivity contribution in [3.05, 3.63) is 9.49 Å². The van der Waals surface area contributed by atoms with Crippen LogP contribution in [0.3, 0.4) is 0 Å². The van der Waals surface area contributed by atoms with Crippen molar-refractivity contribution >= 4 is 47.4 Å². The highest BCUT2D eigenvalue weighted by molar-refractivity contribution is 7.80. The van der Waals surface area contributed by atoms with Gasteiger partial charge in [0, 0.05) is 0 Å². The van der Waals surface area contributed by atoms with Gasteiger partial charge in [0.15, 0.2) is 5.15 Å². The summed E-state index contributed by atoms with van der Waals surface area (Å²) in [5, 5.41) is 0.378. The molecule has 0 aliphatic carbocycles. The van der Waals surface area contributed by atoms with Crippen LogP contribution in [0.2, 0.25) is 9.49 Å². The zero-order valence-electron chi connectivity index (χ0n) is 3.56. The third-order valence-corrected chi connectivity index (χ3v) is 2.85. The fourth-order valence-electron chi connectivity index (χ4n) is 0.248. The van der Waals surface area contributed by atoms with Crippen LogP contribution in [0.4, 0.5) is 0 Å². The lowest BCUT2D eigenvalue weighted by Crippen LogP contribution is -1.56. The van der Waals surface area contributed by atoms with E-state index in [9.17, 15) is 0 Å². The second-order valence-corrected chi connectivity index (χ2v) is 3.28. The van der Waals surface area contributed by atoms with E-state index >= 15 is 0 Å². The lowest BCUT2D eigenvalue weighted by atomic mass is 10.8. The topological polar surface area (TPSA) is 12.9 Å². The van der Waals surface area contributed by atoms with Crippen molar-refractivity contribution in [2.75, 3.05) is 0 Å². The van der Waals surface area contributed by atoms with Gasteiger partial charge in [0.1, 0.15) is 4.34 Å².